The fraction of sp³-hybridized carbons (Fsp3) is 0.467. The molecule has 2 rings (SSSR count). The van der Waals surface area contributed by atoms with Crippen molar-refractivity contribution in [1.82, 2.24) is 15.0 Å². The second kappa shape index (κ2) is 5.94. The number of nitrogens with one attached hydrogen (secondary N) is 1. The first-order chi connectivity index (χ1) is 9.46. The Labute approximate surface area is 120 Å². The van der Waals surface area contributed by atoms with E-state index in [0.717, 1.165) is 23.7 Å². The van der Waals surface area contributed by atoms with Crippen LogP contribution in [0.15, 0.2) is 30.5 Å². The minimum Gasteiger partial charge on any atom is -0.488 e. The molecule has 5 nitrogen and oxygen atoms in total. The molecule has 0 saturated heterocycles. The molecule has 2 aromatic rings. The lowest BCUT2D eigenvalue weighted by molar-refractivity contribution is 0.131. The number of aryl methyl sites for hydroxylation is 1. The van der Waals surface area contributed by atoms with Crippen molar-refractivity contribution in [1.29, 1.82) is 0 Å². The van der Waals surface area contributed by atoms with Crippen LogP contribution in [0.3, 0.4) is 0 Å². The molecule has 1 aromatic heterocycles. The summed E-state index contributed by atoms with van der Waals surface area (Å²) in [4.78, 5) is 0. The molecule has 1 N–H and O–H groups in total. The van der Waals surface area contributed by atoms with Gasteiger partial charge < -0.3 is 10.1 Å². The Balaban J connectivity index is 1.97. The summed E-state index contributed by atoms with van der Waals surface area (Å²) in [6, 6.07) is 8.08. The van der Waals surface area contributed by atoms with Crippen molar-refractivity contribution in [3.63, 3.8) is 0 Å². The van der Waals surface area contributed by atoms with E-state index in [4.69, 9.17) is 4.74 Å². The van der Waals surface area contributed by atoms with E-state index in [1.54, 1.807) is 4.68 Å². The van der Waals surface area contributed by atoms with Crippen LogP contribution in [0.1, 0.15) is 33.3 Å². The first-order valence-corrected chi connectivity index (χ1v) is 6.88. The zero-order chi connectivity index (χ0) is 14.6. The Bertz CT molecular complexity index is 557. The third-order valence-corrected chi connectivity index (χ3v) is 2.66. The van der Waals surface area contributed by atoms with Crippen LogP contribution in [0.5, 0.6) is 5.75 Å². The highest BCUT2D eigenvalue weighted by molar-refractivity contribution is 5.34. The van der Waals surface area contributed by atoms with E-state index in [-0.39, 0.29) is 5.60 Å². The molecule has 0 fully saturated rings. The van der Waals surface area contributed by atoms with E-state index < -0.39 is 0 Å². The maximum Gasteiger partial charge on any atom is 0.168 e. The summed E-state index contributed by atoms with van der Waals surface area (Å²) in [5.41, 5.74) is 0.966. The molecule has 5 heteroatoms. The molecule has 0 unspecified atom stereocenters. The van der Waals surface area contributed by atoms with Gasteiger partial charge in [-0.1, -0.05) is 17.3 Å². The highest BCUT2D eigenvalue weighted by Gasteiger charge is 2.11. The maximum absolute atomic E-state index is 5.86. The van der Waals surface area contributed by atoms with Crippen molar-refractivity contribution in [3.05, 3.63) is 36.0 Å². The van der Waals surface area contributed by atoms with Gasteiger partial charge in [-0.25, -0.2) is 0 Å². The maximum atomic E-state index is 5.86. The number of benzene rings is 1. The van der Waals surface area contributed by atoms with E-state index in [0.29, 0.717) is 6.54 Å². The number of ether oxygens (including phenoxy) is 1. The summed E-state index contributed by atoms with van der Waals surface area (Å²) >= 11 is 0. The molecule has 1 aromatic carbocycles. The van der Waals surface area contributed by atoms with Crippen LogP contribution >= 0.6 is 0 Å². The molecule has 108 valence electrons. The molecule has 0 amide bonds. The molecule has 0 aliphatic rings. The second-order valence-corrected chi connectivity index (χ2v) is 5.67. The number of nitrogens with zero attached hydrogens (tertiary/aromatic N) is 3. The lowest BCUT2D eigenvalue weighted by Crippen LogP contribution is -2.23. The number of aromatic nitrogens is 3. The van der Waals surface area contributed by atoms with Gasteiger partial charge in [-0.15, -0.1) is 5.10 Å². The molecular weight excluding hydrogens is 252 g/mol. The van der Waals surface area contributed by atoms with Crippen LogP contribution in [0.25, 0.3) is 0 Å². The van der Waals surface area contributed by atoms with Crippen molar-refractivity contribution in [2.24, 2.45) is 0 Å². The second-order valence-electron chi connectivity index (χ2n) is 5.67. The predicted octanol–water partition coefficient (Wildman–Crippen LogP) is 3.09. The fourth-order valence-corrected chi connectivity index (χ4v) is 1.80. The number of anilines is 1. The summed E-state index contributed by atoms with van der Waals surface area (Å²) in [6.45, 7) is 9.68. The molecule has 0 aliphatic carbocycles. The predicted molar refractivity (Wildman–Crippen MR) is 79.8 cm³/mol. The lowest BCUT2D eigenvalue weighted by atomic mass is 10.1. The van der Waals surface area contributed by atoms with Gasteiger partial charge in [0.15, 0.2) is 5.82 Å². The van der Waals surface area contributed by atoms with Gasteiger partial charge in [-0.2, -0.15) is 0 Å². The van der Waals surface area contributed by atoms with Crippen molar-refractivity contribution < 1.29 is 4.74 Å². The average Bonchev–Trinajstić information content (AvgIpc) is 2.83. The minimum absolute atomic E-state index is 0.185. The average molecular weight is 274 g/mol. The third-order valence-electron chi connectivity index (χ3n) is 2.66. The van der Waals surface area contributed by atoms with Gasteiger partial charge in [0.2, 0.25) is 0 Å². The summed E-state index contributed by atoms with van der Waals surface area (Å²) in [7, 11) is 0. The summed E-state index contributed by atoms with van der Waals surface area (Å²) in [5, 5.41) is 11.3. The SMILES string of the molecule is CCn1cc(NCc2cccc(OC(C)(C)C)c2)nn1. The largest absolute Gasteiger partial charge is 0.488 e. The first kappa shape index (κ1) is 14.4. The molecule has 0 radical (unpaired) electrons. The Hall–Kier alpha value is -2.04. The van der Waals surface area contributed by atoms with Crippen LogP contribution in [0.2, 0.25) is 0 Å². The summed E-state index contributed by atoms with van der Waals surface area (Å²) < 4.78 is 7.65. The van der Waals surface area contributed by atoms with Crippen molar-refractivity contribution >= 4 is 5.82 Å². The fourth-order valence-electron chi connectivity index (χ4n) is 1.80. The van der Waals surface area contributed by atoms with Crippen molar-refractivity contribution in [2.45, 2.75) is 46.4 Å². The molecule has 0 aliphatic heterocycles. The van der Waals surface area contributed by atoms with E-state index in [2.05, 4.69) is 21.7 Å². The van der Waals surface area contributed by atoms with Gasteiger partial charge in [0, 0.05) is 13.1 Å². The number of hydrogen-bond donors (Lipinski definition) is 1. The minimum atomic E-state index is -0.185. The number of rotatable bonds is 5. The van der Waals surface area contributed by atoms with Crippen molar-refractivity contribution in [2.75, 3.05) is 5.32 Å². The standard InChI is InChI=1S/C15H22N4O/c1-5-19-11-14(17-18-19)16-10-12-7-6-8-13(9-12)20-15(2,3)4/h6-9,11,16H,5,10H2,1-4H3. The molecule has 0 atom stereocenters. The highest BCUT2D eigenvalue weighted by Crippen LogP contribution is 2.19. The summed E-state index contributed by atoms with van der Waals surface area (Å²) in [6.07, 6.45) is 1.90. The van der Waals surface area contributed by atoms with Crippen LogP contribution < -0.4 is 10.1 Å². The topological polar surface area (TPSA) is 52.0 Å². The molecule has 0 spiro atoms. The Morgan fingerprint density at radius 1 is 1.30 bits per heavy atom. The lowest BCUT2D eigenvalue weighted by Gasteiger charge is -2.21. The van der Waals surface area contributed by atoms with Gasteiger partial charge in [-0.3, -0.25) is 4.68 Å². The molecule has 1 heterocycles. The smallest absolute Gasteiger partial charge is 0.168 e. The number of hydrogen-bond acceptors (Lipinski definition) is 4. The van der Waals surface area contributed by atoms with Gasteiger partial charge in [0.05, 0.1) is 6.20 Å². The van der Waals surface area contributed by atoms with Gasteiger partial charge in [0.25, 0.3) is 0 Å². The van der Waals surface area contributed by atoms with Gasteiger partial charge in [-0.05, 0) is 45.4 Å². The third kappa shape index (κ3) is 4.26. The van der Waals surface area contributed by atoms with Crippen LogP contribution in [-0.4, -0.2) is 20.6 Å². The van der Waals surface area contributed by atoms with Crippen LogP contribution in [0, 0.1) is 0 Å². The highest BCUT2D eigenvalue weighted by atomic mass is 16.5. The first-order valence-electron chi connectivity index (χ1n) is 6.88. The molecule has 0 bridgehead atoms. The molecular formula is C15H22N4O. The van der Waals surface area contributed by atoms with Crippen LogP contribution in [-0.2, 0) is 13.1 Å². The molecule has 0 saturated carbocycles. The van der Waals surface area contributed by atoms with E-state index in [9.17, 15) is 0 Å². The van der Waals surface area contributed by atoms with Gasteiger partial charge >= 0.3 is 0 Å². The van der Waals surface area contributed by atoms with Crippen molar-refractivity contribution in [3.8, 4) is 5.75 Å². The van der Waals surface area contributed by atoms with Gasteiger partial charge in [0.1, 0.15) is 11.4 Å². The quantitative estimate of drug-likeness (QED) is 0.910. The monoisotopic (exact) mass is 274 g/mol. The zero-order valence-electron chi connectivity index (χ0n) is 12.6. The summed E-state index contributed by atoms with van der Waals surface area (Å²) in [5.74, 6) is 1.67. The van der Waals surface area contributed by atoms with E-state index in [1.165, 1.54) is 0 Å². The van der Waals surface area contributed by atoms with Crippen LogP contribution in [0.4, 0.5) is 5.82 Å². The Kier molecular flexibility index (Phi) is 4.27. The van der Waals surface area contributed by atoms with E-state index in [1.807, 2.05) is 52.1 Å². The Morgan fingerprint density at radius 3 is 2.75 bits per heavy atom. The molecule has 20 heavy (non-hydrogen) atoms. The van der Waals surface area contributed by atoms with E-state index >= 15 is 0 Å². The normalized spacial score (nSPS) is 11.4. The Morgan fingerprint density at radius 2 is 2.10 bits per heavy atom. The zero-order valence-corrected chi connectivity index (χ0v) is 12.6.